The van der Waals surface area contributed by atoms with Gasteiger partial charge in [0, 0.05) is 28.6 Å². The molecule has 0 aliphatic heterocycles. The Bertz CT molecular complexity index is 459. The molecule has 0 fully saturated rings. The van der Waals surface area contributed by atoms with Crippen LogP contribution in [0.3, 0.4) is 0 Å². The van der Waals surface area contributed by atoms with Crippen LogP contribution in [0.4, 0.5) is 4.79 Å². The molecule has 1 aromatic rings. The van der Waals surface area contributed by atoms with E-state index in [9.17, 15) is 4.79 Å². The van der Waals surface area contributed by atoms with E-state index in [2.05, 4.69) is 48.6 Å². The molecule has 0 radical (unpaired) electrons. The largest absolute Gasteiger partial charge is 0.444 e. The minimum Gasteiger partial charge on any atom is -0.444 e. The van der Waals surface area contributed by atoms with E-state index in [0.717, 1.165) is 15.5 Å². The molecule has 4 nitrogen and oxygen atoms in total. The summed E-state index contributed by atoms with van der Waals surface area (Å²) in [6.07, 6.45) is -0.384. The molecule has 0 unspecified atom stereocenters. The molecule has 0 heterocycles. The Morgan fingerprint density at radius 2 is 1.90 bits per heavy atom. The lowest BCUT2D eigenvalue weighted by Gasteiger charge is -2.19. The summed E-state index contributed by atoms with van der Waals surface area (Å²) in [5.41, 5.74) is 0.721. The first-order chi connectivity index (χ1) is 9.28. The molecule has 0 saturated heterocycles. The average molecular weight is 408 g/mol. The minimum absolute atomic E-state index is 0.384. The average Bonchev–Trinajstić information content (AvgIpc) is 2.31. The highest BCUT2D eigenvalue weighted by Crippen LogP contribution is 2.23. The number of carbonyl (C=O) groups excluding carboxylic acids is 1. The van der Waals surface area contributed by atoms with Gasteiger partial charge in [0.15, 0.2) is 0 Å². The Morgan fingerprint density at radius 3 is 2.50 bits per heavy atom. The molecular formula is C14H20Br2N2O2. The number of amides is 1. The maximum absolute atomic E-state index is 11.4. The third-order valence-corrected chi connectivity index (χ3v) is 4.16. The SMILES string of the molecule is CC(C)(C)OC(=O)NCCNCc1ccc(Br)c(Br)c1. The second-order valence-corrected chi connectivity index (χ2v) is 7.06. The van der Waals surface area contributed by atoms with Crippen LogP contribution in [-0.4, -0.2) is 24.8 Å². The van der Waals surface area contributed by atoms with Crippen LogP contribution in [0.2, 0.25) is 0 Å². The zero-order chi connectivity index (χ0) is 15.2. The van der Waals surface area contributed by atoms with Crippen LogP contribution in [0, 0.1) is 0 Å². The highest BCUT2D eigenvalue weighted by molar-refractivity contribution is 9.13. The number of alkyl carbamates (subject to hydrolysis) is 1. The number of rotatable bonds is 5. The molecule has 1 amide bonds. The van der Waals surface area contributed by atoms with E-state index in [1.165, 1.54) is 5.56 Å². The highest BCUT2D eigenvalue weighted by Gasteiger charge is 2.15. The Morgan fingerprint density at radius 1 is 1.20 bits per heavy atom. The summed E-state index contributed by atoms with van der Waals surface area (Å²) in [5.74, 6) is 0. The fraction of sp³-hybridized carbons (Fsp3) is 0.500. The van der Waals surface area contributed by atoms with E-state index >= 15 is 0 Å². The monoisotopic (exact) mass is 406 g/mol. The molecule has 0 aliphatic rings. The van der Waals surface area contributed by atoms with E-state index in [1.807, 2.05) is 32.9 Å². The molecule has 112 valence electrons. The van der Waals surface area contributed by atoms with Gasteiger partial charge in [-0.25, -0.2) is 4.79 Å². The Labute approximate surface area is 136 Å². The third kappa shape index (κ3) is 7.26. The van der Waals surface area contributed by atoms with Crippen LogP contribution in [0.1, 0.15) is 26.3 Å². The zero-order valence-corrected chi connectivity index (χ0v) is 15.1. The van der Waals surface area contributed by atoms with Gasteiger partial charge in [-0.3, -0.25) is 0 Å². The number of carbonyl (C=O) groups is 1. The van der Waals surface area contributed by atoms with Crippen molar-refractivity contribution in [1.82, 2.24) is 10.6 Å². The standard InChI is InChI=1S/C14H20Br2N2O2/c1-14(2,3)20-13(19)18-7-6-17-9-10-4-5-11(15)12(16)8-10/h4-5,8,17H,6-7,9H2,1-3H3,(H,18,19). The number of nitrogens with one attached hydrogen (secondary N) is 2. The molecule has 1 rings (SSSR count). The third-order valence-electron chi connectivity index (χ3n) is 2.28. The fourth-order valence-electron chi connectivity index (χ4n) is 1.45. The molecule has 0 aliphatic carbocycles. The van der Waals surface area contributed by atoms with Crippen molar-refractivity contribution in [2.24, 2.45) is 0 Å². The van der Waals surface area contributed by atoms with Gasteiger partial charge in [0.2, 0.25) is 0 Å². The number of benzene rings is 1. The van der Waals surface area contributed by atoms with Crippen LogP contribution in [0.15, 0.2) is 27.1 Å². The van der Waals surface area contributed by atoms with E-state index in [1.54, 1.807) is 0 Å². The summed E-state index contributed by atoms with van der Waals surface area (Å²) < 4.78 is 7.21. The smallest absolute Gasteiger partial charge is 0.407 e. The molecular weight excluding hydrogens is 388 g/mol. The van der Waals surface area contributed by atoms with Gasteiger partial charge in [-0.15, -0.1) is 0 Å². The van der Waals surface area contributed by atoms with Crippen molar-refractivity contribution < 1.29 is 9.53 Å². The van der Waals surface area contributed by atoms with Crippen LogP contribution >= 0.6 is 31.9 Å². The highest BCUT2D eigenvalue weighted by atomic mass is 79.9. The summed E-state index contributed by atoms with van der Waals surface area (Å²) in [5, 5.41) is 5.97. The minimum atomic E-state index is -0.457. The first-order valence-corrected chi connectivity index (χ1v) is 7.98. The van der Waals surface area contributed by atoms with E-state index in [4.69, 9.17) is 4.74 Å². The summed E-state index contributed by atoms with van der Waals surface area (Å²) in [4.78, 5) is 11.4. The van der Waals surface area contributed by atoms with Crippen LogP contribution in [-0.2, 0) is 11.3 Å². The molecule has 0 spiro atoms. The van der Waals surface area contributed by atoms with Crippen molar-refractivity contribution in [3.8, 4) is 0 Å². The van der Waals surface area contributed by atoms with Gasteiger partial charge in [-0.1, -0.05) is 6.07 Å². The molecule has 6 heteroatoms. The summed E-state index contributed by atoms with van der Waals surface area (Å²) in [7, 11) is 0. The van der Waals surface area contributed by atoms with Crippen LogP contribution in [0.25, 0.3) is 0 Å². The molecule has 1 aromatic carbocycles. The van der Waals surface area contributed by atoms with E-state index in [-0.39, 0.29) is 6.09 Å². The molecule has 2 N–H and O–H groups in total. The number of hydrogen-bond donors (Lipinski definition) is 2. The molecule has 20 heavy (non-hydrogen) atoms. The zero-order valence-electron chi connectivity index (χ0n) is 11.9. The Kier molecular flexibility index (Phi) is 6.99. The van der Waals surface area contributed by atoms with Crippen molar-refractivity contribution >= 4 is 38.0 Å². The van der Waals surface area contributed by atoms with Crippen molar-refractivity contribution in [1.29, 1.82) is 0 Å². The van der Waals surface area contributed by atoms with E-state index < -0.39 is 5.60 Å². The Balaban J connectivity index is 2.19. The predicted molar refractivity (Wildman–Crippen MR) is 87.8 cm³/mol. The topological polar surface area (TPSA) is 50.4 Å². The molecule has 0 saturated carbocycles. The van der Waals surface area contributed by atoms with Gasteiger partial charge in [0.25, 0.3) is 0 Å². The number of ether oxygens (including phenoxy) is 1. The lowest BCUT2D eigenvalue weighted by Crippen LogP contribution is -2.36. The molecule has 0 aromatic heterocycles. The van der Waals surface area contributed by atoms with Crippen molar-refractivity contribution in [2.45, 2.75) is 32.9 Å². The van der Waals surface area contributed by atoms with Gasteiger partial charge < -0.3 is 15.4 Å². The normalized spacial score (nSPS) is 11.2. The fourth-order valence-corrected chi connectivity index (χ4v) is 2.12. The number of hydrogen-bond acceptors (Lipinski definition) is 3. The van der Waals surface area contributed by atoms with Gasteiger partial charge in [0.05, 0.1) is 0 Å². The first kappa shape index (κ1) is 17.5. The number of halogens is 2. The van der Waals surface area contributed by atoms with Gasteiger partial charge in [0.1, 0.15) is 5.60 Å². The first-order valence-electron chi connectivity index (χ1n) is 6.39. The van der Waals surface area contributed by atoms with E-state index in [0.29, 0.717) is 13.1 Å². The van der Waals surface area contributed by atoms with Crippen molar-refractivity contribution in [3.05, 3.63) is 32.7 Å². The second kappa shape index (κ2) is 8.00. The predicted octanol–water partition coefficient (Wildman–Crippen LogP) is 3.83. The van der Waals surface area contributed by atoms with Crippen molar-refractivity contribution in [2.75, 3.05) is 13.1 Å². The summed E-state index contributed by atoms with van der Waals surface area (Å²) >= 11 is 6.90. The quantitative estimate of drug-likeness (QED) is 0.729. The summed E-state index contributed by atoms with van der Waals surface area (Å²) in [6, 6.07) is 6.10. The maximum atomic E-state index is 11.4. The maximum Gasteiger partial charge on any atom is 0.407 e. The second-order valence-electron chi connectivity index (χ2n) is 5.35. The van der Waals surface area contributed by atoms with Crippen LogP contribution < -0.4 is 10.6 Å². The lowest BCUT2D eigenvalue weighted by atomic mass is 10.2. The lowest BCUT2D eigenvalue weighted by molar-refractivity contribution is 0.0528. The Hall–Kier alpha value is -0.590. The van der Waals surface area contributed by atoms with Crippen molar-refractivity contribution in [3.63, 3.8) is 0 Å². The molecule has 0 bridgehead atoms. The summed E-state index contributed by atoms with van der Waals surface area (Å²) in [6.45, 7) is 7.50. The van der Waals surface area contributed by atoms with Gasteiger partial charge >= 0.3 is 6.09 Å². The van der Waals surface area contributed by atoms with Gasteiger partial charge in [-0.05, 0) is 70.3 Å². The van der Waals surface area contributed by atoms with Gasteiger partial charge in [-0.2, -0.15) is 0 Å². The molecule has 0 atom stereocenters. The van der Waals surface area contributed by atoms with Crippen LogP contribution in [0.5, 0.6) is 0 Å².